The van der Waals surface area contributed by atoms with Gasteiger partial charge in [0.05, 0.1) is 6.20 Å². The SMILES string of the molecule is Cn1cc([C@@H](O)C(=O)Nc2ncc(Cc3ccccc3F)s2)cn1. The number of thiazole rings is 1. The van der Waals surface area contributed by atoms with Crippen molar-refractivity contribution in [3.63, 3.8) is 0 Å². The Kier molecular flexibility index (Phi) is 4.68. The van der Waals surface area contributed by atoms with Crippen molar-refractivity contribution in [1.29, 1.82) is 0 Å². The van der Waals surface area contributed by atoms with Gasteiger partial charge >= 0.3 is 0 Å². The second-order valence-electron chi connectivity index (χ2n) is 5.24. The average molecular weight is 346 g/mol. The molecule has 0 aliphatic heterocycles. The van der Waals surface area contributed by atoms with Gasteiger partial charge in [0.2, 0.25) is 0 Å². The summed E-state index contributed by atoms with van der Waals surface area (Å²) < 4.78 is 15.2. The fourth-order valence-corrected chi connectivity index (χ4v) is 3.02. The van der Waals surface area contributed by atoms with Crippen LogP contribution in [0.2, 0.25) is 0 Å². The number of rotatable bonds is 5. The molecule has 2 heterocycles. The molecule has 3 aromatic rings. The molecule has 1 amide bonds. The number of hydrogen-bond donors (Lipinski definition) is 2. The first kappa shape index (κ1) is 16.3. The minimum atomic E-state index is -1.32. The number of carbonyl (C=O) groups is 1. The lowest BCUT2D eigenvalue weighted by Crippen LogP contribution is -2.20. The summed E-state index contributed by atoms with van der Waals surface area (Å²) in [5, 5.41) is 16.8. The summed E-state index contributed by atoms with van der Waals surface area (Å²) in [7, 11) is 1.70. The summed E-state index contributed by atoms with van der Waals surface area (Å²) in [6.45, 7) is 0. The largest absolute Gasteiger partial charge is 0.378 e. The van der Waals surface area contributed by atoms with E-state index >= 15 is 0 Å². The van der Waals surface area contributed by atoms with Crippen LogP contribution in [-0.4, -0.2) is 25.8 Å². The van der Waals surface area contributed by atoms with Gasteiger partial charge in [-0.2, -0.15) is 5.10 Å². The van der Waals surface area contributed by atoms with Crippen LogP contribution in [0, 0.1) is 5.82 Å². The Morgan fingerprint density at radius 1 is 1.42 bits per heavy atom. The van der Waals surface area contributed by atoms with Gasteiger partial charge in [0, 0.05) is 36.3 Å². The van der Waals surface area contributed by atoms with Crippen LogP contribution in [0.3, 0.4) is 0 Å². The number of aliphatic hydroxyl groups is 1. The number of aromatic nitrogens is 3. The lowest BCUT2D eigenvalue weighted by Gasteiger charge is -2.07. The molecule has 2 N–H and O–H groups in total. The summed E-state index contributed by atoms with van der Waals surface area (Å²) in [4.78, 5) is 17.0. The Labute approximate surface area is 141 Å². The third-order valence-electron chi connectivity index (χ3n) is 3.40. The van der Waals surface area contributed by atoms with Gasteiger partial charge in [0.15, 0.2) is 11.2 Å². The first-order valence-electron chi connectivity index (χ1n) is 7.18. The summed E-state index contributed by atoms with van der Waals surface area (Å²) in [5.41, 5.74) is 0.965. The molecule has 3 rings (SSSR count). The molecule has 24 heavy (non-hydrogen) atoms. The first-order chi connectivity index (χ1) is 11.5. The molecule has 124 valence electrons. The van der Waals surface area contributed by atoms with E-state index in [1.54, 1.807) is 37.6 Å². The lowest BCUT2D eigenvalue weighted by molar-refractivity contribution is -0.124. The fraction of sp³-hybridized carbons (Fsp3) is 0.188. The van der Waals surface area contributed by atoms with E-state index in [1.165, 1.54) is 28.3 Å². The number of hydrogen-bond acceptors (Lipinski definition) is 5. The van der Waals surface area contributed by atoms with Crippen LogP contribution in [0.1, 0.15) is 22.1 Å². The number of aryl methyl sites for hydroxylation is 1. The van der Waals surface area contributed by atoms with Crippen molar-refractivity contribution in [3.8, 4) is 0 Å². The third kappa shape index (κ3) is 3.66. The molecule has 6 nitrogen and oxygen atoms in total. The molecule has 0 bridgehead atoms. The van der Waals surface area contributed by atoms with Crippen LogP contribution >= 0.6 is 11.3 Å². The zero-order valence-corrected chi connectivity index (χ0v) is 13.6. The van der Waals surface area contributed by atoms with Crippen molar-refractivity contribution in [1.82, 2.24) is 14.8 Å². The van der Waals surface area contributed by atoms with Crippen LogP contribution in [0.5, 0.6) is 0 Å². The molecular formula is C16H15FN4O2S. The number of halogens is 1. The van der Waals surface area contributed by atoms with E-state index in [0.29, 0.717) is 22.7 Å². The summed E-state index contributed by atoms with van der Waals surface area (Å²) in [5.74, 6) is -0.863. The molecule has 8 heteroatoms. The molecule has 1 atom stereocenters. The second kappa shape index (κ2) is 6.90. The molecule has 0 saturated heterocycles. The summed E-state index contributed by atoms with van der Waals surface area (Å²) in [6.07, 6.45) is 3.65. The topological polar surface area (TPSA) is 80.0 Å². The van der Waals surface area contributed by atoms with Gasteiger partial charge in [-0.15, -0.1) is 11.3 Å². The average Bonchev–Trinajstić information content (AvgIpc) is 3.18. The minimum absolute atomic E-state index is 0.275. The van der Waals surface area contributed by atoms with Gasteiger partial charge in [-0.05, 0) is 11.6 Å². The number of aliphatic hydroxyl groups excluding tert-OH is 1. The van der Waals surface area contributed by atoms with Crippen molar-refractivity contribution < 1.29 is 14.3 Å². The van der Waals surface area contributed by atoms with E-state index in [2.05, 4.69) is 15.4 Å². The van der Waals surface area contributed by atoms with E-state index < -0.39 is 12.0 Å². The van der Waals surface area contributed by atoms with E-state index in [9.17, 15) is 14.3 Å². The number of nitrogens with zero attached hydrogens (tertiary/aromatic N) is 3. The fourth-order valence-electron chi connectivity index (χ4n) is 2.18. The molecule has 2 aromatic heterocycles. The maximum atomic E-state index is 13.7. The second-order valence-corrected chi connectivity index (χ2v) is 6.35. The van der Waals surface area contributed by atoms with Crippen LogP contribution in [0.15, 0.2) is 42.9 Å². The third-order valence-corrected chi connectivity index (χ3v) is 4.31. The normalized spacial score (nSPS) is 12.1. The van der Waals surface area contributed by atoms with Crippen molar-refractivity contribution >= 4 is 22.4 Å². The number of benzene rings is 1. The zero-order chi connectivity index (χ0) is 17.1. The van der Waals surface area contributed by atoms with E-state index in [1.807, 2.05) is 0 Å². The molecule has 1 aromatic carbocycles. The Morgan fingerprint density at radius 2 is 2.21 bits per heavy atom. The highest BCUT2D eigenvalue weighted by Gasteiger charge is 2.20. The molecule has 0 unspecified atom stereocenters. The Morgan fingerprint density at radius 3 is 2.92 bits per heavy atom. The van der Waals surface area contributed by atoms with E-state index in [-0.39, 0.29) is 5.82 Å². The van der Waals surface area contributed by atoms with E-state index in [0.717, 1.165) is 4.88 Å². The highest BCUT2D eigenvalue weighted by Crippen LogP contribution is 2.23. The number of carbonyl (C=O) groups excluding carboxylic acids is 1. The number of amides is 1. The van der Waals surface area contributed by atoms with Crippen LogP contribution in [0.4, 0.5) is 9.52 Å². The molecule has 0 spiro atoms. The van der Waals surface area contributed by atoms with Crippen molar-refractivity contribution in [3.05, 3.63) is 64.7 Å². The van der Waals surface area contributed by atoms with Gasteiger partial charge in [-0.25, -0.2) is 9.37 Å². The summed E-state index contributed by atoms with van der Waals surface area (Å²) in [6, 6.07) is 6.52. The highest BCUT2D eigenvalue weighted by molar-refractivity contribution is 7.15. The van der Waals surface area contributed by atoms with Crippen molar-refractivity contribution in [2.24, 2.45) is 7.05 Å². The van der Waals surface area contributed by atoms with Crippen molar-refractivity contribution in [2.45, 2.75) is 12.5 Å². The predicted octanol–water partition coefficient (Wildman–Crippen LogP) is 2.28. The van der Waals surface area contributed by atoms with Crippen LogP contribution < -0.4 is 5.32 Å². The highest BCUT2D eigenvalue weighted by atomic mass is 32.1. The Balaban J connectivity index is 1.65. The maximum Gasteiger partial charge on any atom is 0.259 e. The van der Waals surface area contributed by atoms with Gasteiger partial charge in [0.25, 0.3) is 5.91 Å². The predicted molar refractivity (Wildman–Crippen MR) is 88.1 cm³/mol. The molecule has 0 fully saturated rings. The van der Waals surface area contributed by atoms with Crippen LogP contribution in [-0.2, 0) is 18.3 Å². The standard InChI is InChI=1S/C16H15FN4O2S/c1-21-9-11(7-19-21)14(22)15(23)20-16-18-8-12(24-16)6-10-4-2-3-5-13(10)17/h2-5,7-9,14,22H,6H2,1H3,(H,18,20,23)/t14-/m1/s1. The maximum absolute atomic E-state index is 13.7. The number of nitrogens with one attached hydrogen (secondary N) is 1. The van der Waals surface area contributed by atoms with Gasteiger partial charge < -0.3 is 5.11 Å². The molecule has 0 aliphatic rings. The van der Waals surface area contributed by atoms with Gasteiger partial charge in [0.1, 0.15) is 5.82 Å². The Hall–Kier alpha value is -2.58. The lowest BCUT2D eigenvalue weighted by atomic mass is 10.1. The minimum Gasteiger partial charge on any atom is -0.378 e. The molecule has 0 radical (unpaired) electrons. The molecule has 0 saturated carbocycles. The number of anilines is 1. The van der Waals surface area contributed by atoms with Gasteiger partial charge in [-0.3, -0.25) is 14.8 Å². The first-order valence-corrected chi connectivity index (χ1v) is 8.00. The molecule has 0 aliphatic carbocycles. The van der Waals surface area contributed by atoms with E-state index in [4.69, 9.17) is 0 Å². The van der Waals surface area contributed by atoms with Crippen molar-refractivity contribution in [2.75, 3.05) is 5.32 Å². The zero-order valence-electron chi connectivity index (χ0n) is 12.8. The smallest absolute Gasteiger partial charge is 0.259 e. The monoisotopic (exact) mass is 346 g/mol. The summed E-state index contributed by atoms with van der Waals surface area (Å²) >= 11 is 1.24. The van der Waals surface area contributed by atoms with Crippen LogP contribution in [0.25, 0.3) is 0 Å². The van der Waals surface area contributed by atoms with Gasteiger partial charge in [-0.1, -0.05) is 18.2 Å². The quantitative estimate of drug-likeness (QED) is 0.743. The molecular weight excluding hydrogens is 331 g/mol. The Bertz CT molecular complexity index is 861.